The first-order valence-electron chi connectivity index (χ1n) is 6.15. The van der Waals surface area contributed by atoms with Gasteiger partial charge in [0, 0.05) is 28.8 Å². The minimum absolute atomic E-state index is 0.0110. The van der Waals surface area contributed by atoms with Gasteiger partial charge in [-0.05, 0) is 47.5 Å². The van der Waals surface area contributed by atoms with Crippen LogP contribution in [0, 0.1) is 0 Å². The molecule has 1 heterocycles. The van der Waals surface area contributed by atoms with Crippen molar-refractivity contribution in [1.82, 2.24) is 0 Å². The van der Waals surface area contributed by atoms with Gasteiger partial charge in [0.25, 0.3) is 0 Å². The highest BCUT2D eigenvalue weighted by Crippen LogP contribution is 2.25. The molecule has 4 nitrogen and oxygen atoms in total. The maximum Gasteiger partial charge on any atom is 0.160 e. The summed E-state index contributed by atoms with van der Waals surface area (Å²) in [6, 6.07) is 5.54. The fourth-order valence-electron chi connectivity index (χ4n) is 2.18. The number of anilines is 1. The summed E-state index contributed by atoms with van der Waals surface area (Å²) in [7, 11) is -2.90. The zero-order valence-electron chi connectivity index (χ0n) is 10.7. The molecule has 0 atom stereocenters. The van der Waals surface area contributed by atoms with E-state index in [2.05, 4.69) is 20.8 Å². The SMILES string of the molecule is CC(=O)c1ccc(N2CCCS(=O)(=O)CC2)cc1Br. The van der Waals surface area contributed by atoms with E-state index in [4.69, 9.17) is 0 Å². The number of nitrogens with zero attached hydrogens (tertiary/aromatic N) is 1. The van der Waals surface area contributed by atoms with E-state index in [1.54, 1.807) is 6.07 Å². The lowest BCUT2D eigenvalue weighted by Gasteiger charge is -2.22. The van der Waals surface area contributed by atoms with Crippen LogP contribution in [0.3, 0.4) is 0 Å². The van der Waals surface area contributed by atoms with Crippen LogP contribution in [0.1, 0.15) is 23.7 Å². The number of ketones is 1. The van der Waals surface area contributed by atoms with E-state index in [9.17, 15) is 13.2 Å². The molecule has 0 radical (unpaired) electrons. The van der Waals surface area contributed by atoms with Gasteiger partial charge < -0.3 is 4.90 Å². The molecule has 6 heteroatoms. The fraction of sp³-hybridized carbons (Fsp3) is 0.462. The topological polar surface area (TPSA) is 54.5 Å². The van der Waals surface area contributed by atoms with Crippen LogP contribution in [0.15, 0.2) is 22.7 Å². The fourth-order valence-corrected chi connectivity index (χ4v) is 4.10. The van der Waals surface area contributed by atoms with Gasteiger partial charge in [-0.3, -0.25) is 4.79 Å². The summed E-state index contributed by atoms with van der Waals surface area (Å²) in [6.45, 7) is 2.76. The van der Waals surface area contributed by atoms with Gasteiger partial charge in [0.05, 0.1) is 11.5 Å². The molecule has 1 aromatic carbocycles. The van der Waals surface area contributed by atoms with Crippen molar-refractivity contribution in [1.29, 1.82) is 0 Å². The zero-order chi connectivity index (χ0) is 14.0. The number of carbonyl (C=O) groups excluding carboxylic acids is 1. The standard InChI is InChI=1S/C13H16BrNO3S/c1-10(16)12-4-3-11(9-13(12)14)15-5-2-7-19(17,18)8-6-15/h3-4,9H,2,5-8H2,1H3. The Kier molecular flexibility index (Phi) is 4.30. The minimum atomic E-state index is -2.90. The summed E-state index contributed by atoms with van der Waals surface area (Å²) >= 11 is 3.39. The number of carbonyl (C=O) groups is 1. The number of sulfone groups is 1. The van der Waals surface area contributed by atoms with Crippen LogP contribution >= 0.6 is 15.9 Å². The number of halogens is 1. The first-order chi connectivity index (χ1) is 8.89. The van der Waals surface area contributed by atoms with Gasteiger partial charge in [0.2, 0.25) is 0 Å². The monoisotopic (exact) mass is 345 g/mol. The molecule has 0 unspecified atom stereocenters. The minimum Gasteiger partial charge on any atom is -0.370 e. The Morgan fingerprint density at radius 2 is 2.00 bits per heavy atom. The van der Waals surface area contributed by atoms with Crippen molar-refractivity contribution in [3.05, 3.63) is 28.2 Å². The number of benzene rings is 1. The van der Waals surface area contributed by atoms with E-state index in [0.717, 1.165) is 16.7 Å². The second-order valence-corrected chi connectivity index (χ2v) is 7.87. The Morgan fingerprint density at radius 3 is 2.63 bits per heavy atom. The van der Waals surface area contributed by atoms with Gasteiger partial charge >= 0.3 is 0 Å². The van der Waals surface area contributed by atoms with Gasteiger partial charge in [-0.1, -0.05) is 0 Å². The van der Waals surface area contributed by atoms with Crippen molar-refractivity contribution < 1.29 is 13.2 Å². The van der Waals surface area contributed by atoms with Gasteiger partial charge in [-0.2, -0.15) is 0 Å². The normalized spacial score (nSPS) is 18.9. The second-order valence-electron chi connectivity index (χ2n) is 4.71. The van der Waals surface area contributed by atoms with Crippen molar-refractivity contribution in [3.8, 4) is 0 Å². The molecule has 0 N–H and O–H groups in total. The molecule has 1 aliphatic heterocycles. The number of rotatable bonds is 2. The van der Waals surface area contributed by atoms with Crippen molar-refractivity contribution in [3.63, 3.8) is 0 Å². The summed E-state index contributed by atoms with van der Waals surface area (Å²) in [5.74, 6) is 0.465. The maximum absolute atomic E-state index is 11.6. The highest BCUT2D eigenvalue weighted by atomic mass is 79.9. The Labute approximate surface area is 121 Å². The second kappa shape index (κ2) is 5.63. The maximum atomic E-state index is 11.6. The number of Topliss-reactive ketones (excluding diaryl/α,β-unsaturated/α-hetero) is 1. The summed E-state index contributed by atoms with van der Waals surface area (Å²) in [5.41, 5.74) is 1.60. The summed E-state index contributed by atoms with van der Waals surface area (Å²) in [4.78, 5) is 13.4. The third-order valence-electron chi connectivity index (χ3n) is 3.25. The number of hydrogen-bond acceptors (Lipinski definition) is 4. The van der Waals surface area contributed by atoms with Crippen LogP contribution in [0.2, 0.25) is 0 Å². The molecule has 19 heavy (non-hydrogen) atoms. The molecule has 0 saturated carbocycles. The average molecular weight is 346 g/mol. The molecule has 1 fully saturated rings. The quantitative estimate of drug-likeness (QED) is 0.771. The molecular formula is C13H16BrNO3S. The van der Waals surface area contributed by atoms with Crippen LogP contribution in [0.25, 0.3) is 0 Å². The van der Waals surface area contributed by atoms with Gasteiger partial charge in [0.15, 0.2) is 15.6 Å². The highest BCUT2D eigenvalue weighted by Gasteiger charge is 2.19. The Balaban J connectivity index is 2.23. The number of hydrogen-bond donors (Lipinski definition) is 0. The predicted molar refractivity (Wildman–Crippen MR) is 79.6 cm³/mol. The van der Waals surface area contributed by atoms with E-state index >= 15 is 0 Å². The smallest absolute Gasteiger partial charge is 0.160 e. The molecule has 1 aliphatic rings. The van der Waals surface area contributed by atoms with E-state index in [-0.39, 0.29) is 17.3 Å². The molecule has 0 amide bonds. The van der Waals surface area contributed by atoms with Crippen LogP contribution < -0.4 is 4.90 Å². The average Bonchev–Trinajstić information content (AvgIpc) is 2.49. The zero-order valence-corrected chi connectivity index (χ0v) is 13.1. The molecule has 1 aromatic rings. The molecule has 2 rings (SSSR count). The van der Waals surface area contributed by atoms with E-state index in [1.807, 2.05) is 12.1 Å². The highest BCUT2D eigenvalue weighted by molar-refractivity contribution is 9.10. The summed E-state index contributed by atoms with van der Waals surface area (Å²) in [5, 5.41) is 0. The third-order valence-corrected chi connectivity index (χ3v) is 5.62. The molecule has 0 aromatic heterocycles. The molecular weight excluding hydrogens is 330 g/mol. The molecule has 104 valence electrons. The van der Waals surface area contributed by atoms with E-state index in [0.29, 0.717) is 18.5 Å². The van der Waals surface area contributed by atoms with Crippen LogP contribution in [-0.2, 0) is 9.84 Å². The first-order valence-corrected chi connectivity index (χ1v) is 8.76. The summed E-state index contributed by atoms with van der Waals surface area (Å²) < 4.78 is 23.9. The van der Waals surface area contributed by atoms with Gasteiger partial charge in [-0.25, -0.2) is 8.42 Å². The molecule has 0 spiro atoms. The van der Waals surface area contributed by atoms with Crippen LogP contribution in [-0.4, -0.2) is 38.8 Å². The van der Waals surface area contributed by atoms with Gasteiger partial charge in [0.1, 0.15) is 0 Å². The molecule has 0 aliphatic carbocycles. The Bertz CT molecular complexity index is 598. The lowest BCUT2D eigenvalue weighted by Crippen LogP contribution is -2.26. The van der Waals surface area contributed by atoms with Crippen LogP contribution in [0.5, 0.6) is 0 Å². The third kappa shape index (κ3) is 3.57. The Morgan fingerprint density at radius 1 is 1.26 bits per heavy atom. The summed E-state index contributed by atoms with van der Waals surface area (Å²) in [6.07, 6.45) is 0.647. The molecule has 1 saturated heterocycles. The largest absolute Gasteiger partial charge is 0.370 e. The first kappa shape index (κ1) is 14.5. The molecule has 0 bridgehead atoms. The van der Waals surface area contributed by atoms with Crippen molar-refractivity contribution in [2.45, 2.75) is 13.3 Å². The lowest BCUT2D eigenvalue weighted by atomic mass is 10.1. The Hall–Kier alpha value is -0.880. The van der Waals surface area contributed by atoms with Gasteiger partial charge in [-0.15, -0.1) is 0 Å². The van der Waals surface area contributed by atoms with Crippen molar-refractivity contribution in [2.75, 3.05) is 29.5 Å². The van der Waals surface area contributed by atoms with E-state index < -0.39 is 9.84 Å². The van der Waals surface area contributed by atoms with Crippen LogP contribution in [0.4, 0.5) is 5.69 Å². The predicted octanol–water partition coefficient (Wildman–Crippen LogP) is 2.28. The van der Waals surface area contributed by atoms with Crippen molar-refractivity contribution in [2.24, 2.45) is 0 Å². The van der Waals surface area contributed by atoms with E-state index in [1.165, 1.54) is 6.92 Å². The van der Waals surface area contributed by atoms with Crippen molar-refractivity contribution >= 4 is 37.2 Å². The lowest BCUT2D eigenvalue weighted by molar-refractivity contribution is 0.101.